The Morgan fingerprint density at radius 3 is 2.61 bits per heavy atom. The highest BCUT2D eigenvalue weighted by atomic mass is 19.4. The van der Waals surface area contributed by atoms with Gasteiger partial charge in [0.1, 0.15) is 23.6 Å². The highest BCUT2D eigenvalue weighted by Gasteiger charge is 2.31. The van der Waals surface area contributed by atoms with Crippen LogP contribution in [0.4, 0.5) is 17.6 Å². The Morgan fingerprint density at radius 1 is 1.28 bits per heavy atom. The molecule has 0 radical (unpaired) electrons. The summed E-state index contributed by atoms with van der Waals surface area (Å²) in [6.45, 7) is 0. The largest absolute Gasteiger partial charge is 0.507 e. The molecule has 0 atom stereocenters. The standard InChI is InChI=1S/C10H6F4N2O2/c11-5-2-1-3-6(17)8(5)9-15-7(16-18-9)4-10(12,13)14/h1-3,17H,4H2. The minimum atomic E-state index is -4.49. The number of hydrogen-bond acceptors (Lipinski definition) is 4. The van der Waals surface area contributed by atoms with Crippen LogP contribution < -0.4 is 0 Å². The topological polar surface area (TPSA) is 59.2 Å². The van der Waals surface area contributed by atoms with Crippen LogP contribution in [-0.2, 0) is 6.42 Å². The van der Waals surface area contributed by atoms with Crippen molar-refractivity contribution in [2.24, 2.45) is 0 Å². The fraction of sp³-hybridized carbons (Fsp3) is 0.200. The van der Waals surface area contributed by atoms with E-state index >= 15 is 0 Å². The maximum Gasteiger partial charge on any atom is 0.396 e. The monoisotopic (exact) mass is 262 g/mol. The normalized spacial score (nSPS) is 11.8. The van der Waals surface area contributed by atoms with Gasteiger partial charge in [-0.15, -0.1) is 0 Å². The third-order valence-electron chi connectivity index (χ3n) is 2.03. The van der Waals surface area contributed by atoms with Crippen molar-refractivity contribution in [3.8, 4) is 17.2 Å². The second kappa shape index (κ2) is 4.28. The number of hydrogen-bond donors (Lipinski definition) is 1. The van der Waals surface area contributed by atoms with Crippen molar-refractivity contribution in [1.29, 1.82) is 0 Å². The lowest BCUT2D eigenvalue weighted by atomic mass is 10.2. The lowest BCUT2D eigenvalue weighted by molar-refractivity contribution is -0.128. The van der Waals surface area contributed by atoms with Crippen LogP contribution in [-0.4, -0.2) is 21.4 Å². The fourth-order valence-electron chi connectivity index (χ4n) is 1.33. The number of nitrogens with zero attached hydrogens (tertiary/aromatic N) is 2. The zero-order chi connectivity index (χ0) is 13.3. The predicted octanol–water partition coefficient (Wildman–Crippen LogP) is 2.69. The summed E-state index contributed by atoms with van der Waals surface area (Å²) in [5, 5.41) is 12.5. The second-order valence-corrected chi connectivity index (χ2v) is 3.44. The minimum Gasteiger partial charge on any atom is -0.507 e. The number of aromatic nitrogens is 2. The summed E-state index contributed by atoms with van der Waals surface area (Å²) in [4.78, 5) is 3.39. The van der Waals surface area contributed by atoms with Gasteiger partial charge < -0.3 is 9.63 Å². The fourth-order valence-corrected chi connectivity index (χ4v) is 1.33. The molecule has 96 valence electrons. The number of rotatable bonds is 2. The third kappa shape index (κ3) is 2.58. The molecule has 1 heterocycles. The Kier molecular flexibility index (Phi) is 2.93. The molecule has 0 amide bonds. The molecule has 4 nitrogen and oxygen atoms in total. The molecule has 2 rings (SSSR count). The van der Waals surface area contributed by atoms with Gasteiger partial charge in [-0.05, 0) is 12.1 Å². The molecular weight excluding hydrogens is 256 g/mol. The average Bonchev–Trinajstić information content (AvgIpc) is 2.63. The molecule has 0 bridgehead atoms. The van der Waals surface area contributed by atoms with Crippen LogP contribution in [0.25, 0.3) is 11.5 Å². The van der Waals surface area contributed by atoms with Crippen molar-refractivity contribution >= 4 is 0 Å². The van der Waals surface area contributed by atoms with Crippen LogP contribution in [0.1, 0.15) is 5.82 Å². The summed E-state index contributed by atoms with van der Waals surface area (Å²) in [7, 11) is 0. The van der Waals surface area contributed by atoms with Crippen LogP contribution in [0, 0.1) is 5.82 Å². The molecule has 0 fully saturated rings. The lowest BCUT2D eigenvalue weighted by Crippen LogP contribution is -2.12. The van der Waals surface area contributed by atoms with E-state index in [1.807, 2.05) is 0 Å². The van der Waals surface area contributed by atoms with Crippen LogP contribution >= 0.6 is 0 Å². The Labute approximate surface area is 97.9 Å². The van der Waals surface area contributed by atoms with E-state index in [4.69, 9.17) is 0 Å². The van der Waals surface area contributed by atoms with E-state index in [2.05, 4.69) is 14.7 Å². The van der Waals surface area contributed by atoms with Crippen molar-refractivity contribution in [2.45, 2.75) is 12.6 Å². The van der Waals surface area contributed by atoms with Crippen molar-refractivity contribution in [3.05, 3.63) is 29.8 Å². The molecule has 0 spiro atoms. The van der Waals surface area contributed by atoms with Crippen molar-refractivity contribution in [1.82, 2.24) is 10.1 Å². The van der Waals surface area contributed by atoms with Gasteiger partial charge in [0.2, 0.25) is 0 Å². The van der Waals surface area contributed by atoms with Gasteiger partial charge in [0.15, 0.2) is 5.82 Å². The maximum atomic E-state index is 13.4. The van der Waals surface area contributed by atoms with Gasteiger partial charge in [-0.25, -0.2) is 4.39 Å². The van der Waals surface area contributed by atoms with Crippen LogP contribution in [0.15, 0.2) is 22.7 Å². The molecule has 0 aliphatic heterocycles. The molecule has 0 saturated carbocycles. The molecule has 18 heavy (non-hydrogen) atoms. The van der Waals surface area contributed by atoms with Gasteiger partial charge in [0.05, 0.1) is 0 Å². The first-order valence-corrected chi connectivity index (χ1v) is 4.74. The highest BCUT2D eigenvalue weighted by Crippen LogP contribution is 2.31. The van der Waals surface area contributed by atoms with E-state index in [1.165, 1.54) is 6.07 Å². The summed E-state index contributed by atoms with van der Waals surface area (Å²) in [6, 6.07) is 3.41. The predicted molar refractivity (Wildman–Crippen MR) is 51.1 cm³/mol. The maximum absolute atomic E-state index is 13.4. The average molecular weight is 262 g/mol. The lowest BCUT2D eigenvalue weighted by Gasteiger charge is -2.00. The Bertz CT molecular complexity index is 545. The minimum absolute atomic E-state index is 0.418. The first-order valence-electron chi connectivity index (χ1n) is 4.74. The molecule has 0 saturated heterocycles. The van der Waals surface area contributed by atoms with Crippen LogP contribution in [0.3, 0.4) is 0 Å². The SMILES string of the molecule is Oc1cccc(F)c1-c1nc(CC(F)(F)F)no1. The summed E-state index contributed by atoms with van der Waals surface area (Å²) in [6.07, 6.45) is -5.87. The Hall–Kier alpha value is -2.12. The first kappa shape index (κ1) is 12.3. The summed E-state index contributed by atoms with van der Waals surface area (Å²) >= 11 is 0. The van der Waals surface area contributed by atoms with Gasteiger partial charge >= 0.3 is 6.18 Å². The molecule has 1 N–H and O–H groups in total. The van der Waals surface area contributed by atoms with Crippen LogP contribution in [0.5, 0.6) is 5.75 Å². The number of halogens is 4. The van der Waals surface area contributed by atoms with Crippen molar-refractivity contribution in [2.75, 3.05) is 0 Å². The van der Waals surface area contributed by atoms with E-state index in [-0.39, 0.29) is 0 Å². The molecule has 0 aliphatic carbocycles. The van der Waals surface area contributed by atoms with E-state index in [1.54, 1.807) is 0 Å². The van der Waals surface area contributed by atoms with E-state index in [9.17, 15) is 22.7 Å². The molecule has 8 heteroatoms. The summed E-state index contributed by atoms with van der Waals surface area (Å²) in [5.41, 5.74) is -0.418. The van der Waals surface area contributed by atoms with Gasteiger partial charge in [-0.2, -0.15) is 18.2 Å². The summed E-state index contributed by atoms with van der Waals surface area (Å²) < 4.78 is 54.1. The number of phenolic OH excluding ortho intramolecular Hbond substituents is 1. The zero-order valence-corrected chi connectivity index (χ0v) is 8.70. The van der Waals surface area contributed by atoms with Crippen molar-refractivity contribution in [3.63, 3.8) is 0 Å². The van der Waals surface area contributed by atoms with E-state index in [0.717, 1.165) is 12.1 Å². The van der Waals surface area contributed by atoms with Gasteiger partial charge in [0.25, 0.3) is 5.89 Å². The number of phenols is 1. The highest BCUT2D eigenvalue weighted by molar-refractivity contribution is 5.62. The molecule has 0 unspecified atom stereocenters. The van der Waals surface area contributed by atoms with Crippen LogP contribution in [0.2, 0.25) is 0 Å². The van der Waals surface area contributed by atoms with Crippen molar-refractivity contribution < 1.29 is 27.2 Å². The molecule has 2 aromatic rings. The van der Waals surface area contributed by atoms with Gasteiger partial charge in [-0.1, -0.05) is 11.2 Å². The summed E-state index contributed by atoms with van der Waals surface area (Å²) in [5.74, 6) is -2.47. The second-order valence-electron chi connectivity index (χ2n) is 3.44. The zero-order valence-electron chi connectivity index (χ0n) is 8.70. The van der Waals surface area contributed by atoms with Gasteiger partial charge in [0, 0.05) is 0 Å². The Balaban J connectivity index is 2.36. The van der Waals surface area contributed by atoms with Gasteiger partial charge in [-0.3, -0.25) is 0 Å². The molecule has 0 aliphatic rings. The quantitative estimate of drug-likeness (QED) is 0.845. The number of benzene rings is 1. The Morgan fingerprint density at radius 2 is 2.00 bits per heavy atom. The third-order valence-corrected chi connectivity index (χ3v) is 2.03. The molecule has 1 aromatic heterocycles. The molecule has 1 aromatic carbocycles. The van der Waals surface area contributed by atoms with E-state index in [0.29, 0.717) is 0 Å². The van der Waals surface area contributed by atoms with E-state index < -0.39 is 41.4 Å². The number of aromatic hydroxyl groups is 1. The smallest absolute Gasteiger partial charge is 0.396 e. The number of alkyl halides is 3. The first-order chi connectivity index (χ1) is 8.37. The molecular formula is C10H6F4N2O2.